The van der Waals surface area contributed by atoms with E-state index in [4.69, 9.17) is 18.9 Å². The second-order valence-electron chi connectivity index (χ2n) is 12.3. The van der Waals surface area contributed by atoms with Gasteiger partial charge in [-0.1, -0.05) is 20.8 Å². The minimum absolute atomic E-state index is 0.126. The maximum atomic E-state index is 13.4. The summed E-state index contributed by atoms with van der Waals surface area (Å²) in [6.07, 6.45) is 6.26. The molecule has 3 rings (SSSR count). The van der Waals surface area contributed by atoms with Gasteiger partial charge in [-0.25, -0.2) is 9.59 Å². The summed E-state index contributed by atoms with van der Waals surface area (Å²) in [6.45, 7) is 15.1. The fourth-order valence-corrected chi connectivity index (χ4v) is 4.98. The van der Waals surface area contributed by atoms with Gasteiger partial charge in [0.1, 0.15) is 11.4 Å². The Morgan fingerprint density at radius 2 is 1.89 bits per heavy atom. The standard InChI is InChI=1S/C28H44N2O6/c1-18(2)15-23(30-25(32)35-26(4,5)6)28(24(31)34-27(7,8)36-28)17-20-16-22(13-14-29-20)33-21-11-9-19(3)10-12-21/h13-14,16,18-19,21,23H,9-12,15,17H2,1-8H3,(H,30,32)/t19-,21-,23-,28+/m1/s1. The first-order valence-electron chi connectivity index (χ1n) is 13.2. The van der Waals surface area contributed by atoms with Crippen molar-refractivity contribution in [3.8, 4) is 5.75 Å². The summed E-state index contributed by atoms with van der Waals surface area (Å²) >= 11 is 0. The molecule has 202 valence electrons. The van der Waals surface area contributed by atoms with Gasteiger partial charge in [-0.3, -0.25) is 4.98 Å². The summed E-state index contributed by atoms with van der Waals surface area (Å²) < 4.78 is 23.7. The van der Waals surface area contributed by atoms with Crippen LogP contribution in [0.1, 0.15) is 93.2 Å². The van der Waals surface area contributed by atoms with Crippen LogP contribution in [0.15, 0.2) is 18.3 Å². The van der Waals surface area contributed by atoms with Gasteiger partial charge in [0.15, 0.2) is 5.60 Å². The van der Waals surface area contributed by atoms with Gasteiger partial charge >= 0.3 is 12.1 Å². The van der Waals surface area contributed by atoms with Crippen molar-refractivity contribution < 1.29 is 28.5 Å². The highest BCUT2D eigenvalue weighted by molar-refractivity contribution is 5.84. The fraction of sp³-hybridized carbons (Fsp3) is 0.750. The monoisotopic (exact) mass is 504 g/mol. The SMILES string of the molecule is CC(C)C[C@@H](NC(=O)OC(C)(C)C)[C@]1(Cc2cc(O[C@H]3CC[C@H](C)CC3)ccn2)OC(C)(C)OC1=O. The lowest BCUT2D eigenvalue weighted by Gasteiger charge is -2.36. The number of cyclic esters (lactones) is 1. The number of nitrogens with zero attached hydrogens (tertiary/aromatic N) is 1. The number of rotatable bonds is 8. The zero-order valence-electron chi connectivity index (χ0n) is 23.2. The van der Waals surface area contributed by atoms with Crippen LogP contribution < -0.4 is 10.1 Å². The van der Waals surface area contributed by atoms with Crippen LogP contribution >= 0.6 is 0 Å². The molecule has 2 atom stereocenters. The Kier molecular flexibility index (Phi) is 8.59. The molecular weight excluding hydrogens is 460 g/mol. The highest BCUT2D eigenvalue weighted by Gasteiger charge is 2.59. The van der Waals surface area contributed by atoms with Crippen LogP contribution in [0.2, 0.25) is 0 Å². The lowest BCUT2D eigenvalue weighted by atomic mass is 9.84. The molecule has 8 heteroatoms. The lowest BCUT2D eigenvalue weighted by Crippen LogP contribution is -2.59. The third-order valence-electron chi connectivity index (χ3n) is 6.57. The molecule has 2 fully saturated rings. The fourth-order valence-electron chi connectivity index (χ4n) is 4.98. The number of alkyl carbamates (subject to hydrolysis) is 1. The molecular formula is C28H44N2O6. The number of hydrogen-bond acceptors (Lipinski definition) is 7. The van der Waals surface area contributed by atoms with E-state index in [1.54, 1.807) is 40.8 Å². The third-order valence-corrected chi connectivity index (χ3v) is 6.57. The lowest BCUT2D eigenvalue weighted by molar-refractivity contribution is -0.170. The summed E-state index contributed by atoms with van der Waals surface area (Å²) in [5, 5.41) is 2.91. The zero-order valence-corrected chi connectivity index (χ0v) is 23.2. The number of esters is 1. The Labute approximate surface area is 215 Å². The van der Waals surface area contributed by atoms with Crippen molar-refractivity contribution >= 4 is 12.1 Å². The average Bonchev–Trinajstić information content (AvgIpc) is 2.96. The molecule has 1 amide bonds. The molecule has 8 nitrogen and oxygen atoms in total. The van der Waals surface area contributed by atoms with Crippen LogP contribution in [0, 0.1) is 11.8 Å². The van der Waals surface area contributed by atoms with Crippen molar-refractivity contribution in [2.75, 3.05) is 0 Å². The second kappa shape index (κ2) is 11.0. The Morgan fingerprint density at radius 1 is 1.22 bits per heavy atom. The van der Waals surface area contributed by atoms with E-state index < -0.39 is 35.1 Å². The van der Waals surface area contributed by atoms with Gasteiger partial charge < -0.3 is 24.3 Å². The molecule has 36 heavy (non-hydrogen) atoms. The molecule has 0 spiro atoms. The third kappa shape index (κ3) is 7.58. The van der Waals surface area contributed by atoms with Gasteiger partial charge in [0.05, 0.1) is 12.1 Å². The summed E-state index contributed by atoms with van der Waals surface area (Å²) in [6, 6.07) is 3.02. The number of hydrogen-bond donors (Lipinski definition) is 1. The van der Waals surface area contributed by atoms with Crippen molar-refractivity contribution in [2.24, 2.45) is 11.8 Å². The quantitative estimate of drug-likeness (QED) is 0.462. The van der Waals surface area contributed by atoms with E-state index in [0.29, 0.717) is 12.1 Å². The molecule has 0 unspecified atom stereocenters. The number of amides is 1. The second-order valence-corrected chi connectivity index (χ2v) is 12.3. The molecule has 1 N–H and O–H groups in total. The van der Waals surface area contributed by atoms with Gasteiger partial charge in [0.25, 0.3) is 0 Å². The molecule has 0 bridgehead atoms. The molecule has 1 saturated heterocycles. The van der Waals surface area contributed by atoms with Crippen LogP contribution in [-0.2, 0) is 25.4 Å². The number of carbonyl (C=O) groups excluding carboxylic acids is 2. The Balaban J connectivity index is 1.88. The number of nitrogens with one attached hydrogen (secondary N) is 1. The largest absolute Gasteiger partial charge is 0.490 e. The van der Waals surface area contributed by atoms with E-state index in [1.165, 1.54) is 0 Å². The molecule has 1 aromatic heterocycles. The van der Waals surface area contributed by atoms with Crippen LogP contribution in [0.25, 0.3) is 0 Å². The van der Waals surface area contributed by atoms with Crippen LogP contribution in [0.5, 0.6) is 5.75 Å². The molecule has 0 aromatic carbocycles. The number of pyridine rings is 1. The predicted molar refractivity (Wildman–Crippen MR) is 137 cm³/mol. The van der Waals surface area contributed by atoms with Crippen molar-refractivity contribution in [3.63, 3.8) is 0 Å². The first-order chi connectivity index (χ1) is 16.7. The van der Waals surface area contributed by atoms with Crippen LogP contribution in [0.3, 0.4) is 0 Å². The van der Waals surface area contributed by atoms with E-state index in [0.717, 1.165) is 37.4 Å². The van der Waals surface area contributed by atoms with Crippen molar-refractivity contribution in [2.45, 2.75) is 123 Å². The molecule has 1 aromatic rings. The molecule has 1 saturated carbocycles. The normalized spacial score (nSPS) is 26.9. The molecule has 2 aliphatic rings. The maximum Gasteiger partial charge on any atom is 0.407 e. The van der Waals surface area contributed by atoms with Crippen LogP contribution in [-0.4, -0.2) is 46.2 Å². The van der Waals surface area contributed by atoms with Crippen molar-refractivity contribution in [1.82, 2.24) is 10.3 Å². The Bertz CT molecular complexity index is 917. The van der Waals surface area contributed by atoms with Gasteiger partial charge in [-0.2, -0.15) is 0 Å². The highest BCUT2D eigenvalue weighted by atomic mass is 16.8. The summed E-state index contributed by atoms with van der Waals surface area (Å²) in [5.41, 5.74) is -1.51. The van der Waals surface area contributed by atoms with E-state index in [-0.39, 0.29) is 18.4 Å². The number of carbonyl (C=O) groups is 2. The minimum Gasteiger partial charge on any atom is -0.490 e. The maximum absolute atomic E-state index is 13.4. The Hall–Kier alpha value is -2.35. The van der Waals surface area contributed by atoms with Gasteiger partial charge in [0.2, 0.25) is 5.79 Å². The molecule has 0 radical (unpaired) electrons. The highest BCUT2D eigenvalue weighted by Crippen LogP contribution is 2.39. The van der Waals surface area contributed by atoms with Gasteiger partial charge in [-0.15, -0.1) is 0 Å². The summed E-state index contributed by atoms with van der Waals surface area (Å²) in [5.74, 6) is -0.0425. The summed E-state index contributed by atoms with van der Waals surface area (Å²) in [7, 11) is 0. The summed E-state index contributed by atoms with van der Waals surface area (Å²) in [4.78, 5) is 30.8. The van der Waals surface area contributed by atoms with Crippen LogP contribution in [0.4, 0.5) is 4.79 Å². The molecule has 2 heterocycles. The number of ether oxygens (including phenoxy) is 4. The zero-order chi connectivity index (χ0) is 26.7. The van der Waals surface area contributed by atoms with E-state index in [2.05, 4.69) is 17.2 Å². The first-order valence-corrected chi connectivity index (χ1v) is 13.2. The minimum atomic E-state index is -1.46. The molecule has 1 aliphatic carbocycles. The van der Waals surface area contributed by atoms with E-state index >= 15 is 0 Å². The first kappa shape index (κ1) is 28.2. The van der Waals surface area contributed by atoms with Crippen molar-refractivity contribution in [3.05, 3.63) is 24.0 Å². The van der Waals surface area contributed by atoms with E-state index in [9.17, 15) is 9.59 Å². The predicted octanol–water partition coefficient (Wildman–Crippen LogP) is 5.57. The topological polar surface area (TPSA) is 96.0 Å². The van der Waals surface area contributed by atoms with E-state index in [1.807, 2.05) is 26.0 Å². The molecule has 1 aliphatic heterocycles. The van der Waals surface area contributed by atoms with Gasteiger partial charge in [0, 0.05) is 38.2 Å². The van der Waals surface area contributed by atoms with Crippen molar-refractivity contribution in [1.29, 1.82) is 0 Å². The Morgan fingerprint density at radius 3 is 2.44 bits per heavy atom. The average molecular weight is 505 g/mol. The number of aromatic nitrogens is 1. The smallest absolute Gasteiger partial charge is 0.407 e. The van der Waals surface area contributed by atoms with Gasteiger partial charge in [-0.05, 0) is 70.8 Å².